The summed E-state index contributed by atoms with van der Waals surface area (Å²) in [4.78, 5) is 0. The van der Waals surface area contributed by atoms with E-state index >= 15 is 0 Å². The number of benzene rings is 2. The quantitative estimate of drug-likeness (QED) is 0.317. The molecule has 0 bridgehead atoms. The van der Waals surface area contributed by atoms with Crippen molar-refractivity contribution >= 4 is 13.3 Å². The van der Waals surface area contributed by atoms with Gasteiger partial charge in [0.25, 0.3) is 0 Å². The van der Waals surface area contributed by atoms with E-state index in [1.165, 1.54) is 86.5 Å². The van der Waals surface area contributed by atoms with Gasteiger partial charge >= 0.3 is 0 Å². The van der Waals surface area contributed by atoms with Crippen molar-refractivity contribution in [3.63, 3.8) is 0 Å². The molecule has 0 unspecified atom stereocenters. The number of fused-ring (bicyclic) bond motifs is 3. The molecule has 0 spiro atoms. The lowest BCUT2D eigenvalue weighted by Crippen LogP contribution is -2.26. The van der Waals surface area contributed by atoms with Crippen LogP contribution in [0.25, 0.3) is 11.1 Å². The van der Waals surface area contributed by atoms with E-state index in [4.69, 9.17) is 7.85 Å². The smallest absolute Gasteiger partial charge is 0.0963 e. The van der Waals surface area contributed by atoms with Gasteiger partial charge in [-0.15, -0.1) is 0 Å². The summed E-state index contributed by atoms with van der Waals surface area (Å²) in [5.41, 5.74) is 8.37. The van der Waals surface area contributed by atoms with Crippen molar-refractivity contribution in [3.8, 4) is 11.1 Å². The second-order valence-electron chi connectivity index (χ2n) is 8.56. The molecule has 0 saturated heterocycles. The Morgan fingerprint density at radius 1 is 0.704 bits per heavy atom. The second-order valence-corrected chi connectivity index (χ2v) is 8.56. The van der Waals surface area contributed by atoms with Gasteiger partial charge in [0.1, 0.15) is 7.85 Å². The third kappa shape index (κ3) is 4.18. The first-order chi connectivity index (χ1) is 13.1. The zero-order chi connectivity index (χ0) is 19.3. The minimum atomic E-state index is 0.160. The molecule has 0 nitrogen and oxygen atoms in total. The first-order valence-corrected chi connectivity index (χ1v) is 11.1. The first-order valence-electron chi connectivity index (χ1n) is 11.1. The zero-order valence-electron chi connectivity index (χ0n) is 17.6. The van der Waals surface area contributed by atoms with E-state index in [-0.39, 0.29) is 5.41 Å². The summed E-state index contributed by atoms with van der Waals surface area (Å²) in [5, 5.41) is 0. The van der Waals surface area contributed by atoms with Crippen LogP contribution in [0.3, 0.4) is 0 Å². The fraction of sp³-hybridized carbons (Fsp3) is 0.538. The molecule has 1 heteroatoms. The summed E-state index contributed by atoms with van der Waals surface area (Å²) in [6, 6.07) is 13.7. The van der Waals surface area contributed by atoms with E-state index in [0.29, 0.717) is 0 Å². The van der Waals surface area contributed by atoms with Gasteiger partial charge in [-0.05, 0) is 42.0 Å². The van der Waals surface area contributed by atoms with E-state index in [1.807, 2.05) is 0 Å². The van der Waals surface area contributed by atoms with Crippen LogP contribution in [-0.2, 0) is 5.41 Å². The molecule has 142 valence electrons. The molecule has 1 aliphatic carbocycles. The summed E-state index contributed by atoms with van der Waals surface area (Å²) >= 11 is 0. The van der Waals surface area contributed by atoms with Crippen molar-refractivity contribution in [2.45, 2.75) is 90.4 Å². The molecular weight excluding hydrogens is 323 g/mol. The molecule has 0 saturated carbocycles. The van der Waals surface area contributed by atoms with E-state index in [9.17, 15) is 0 Å². The van der Waals surface area contributed by atoms with Crippen LogP contribution >= 0.6 is 0 Å². The molecule has 0 fully saturated rings. The van der Waals surface area contributed by atoms with Gasteiger partial charge in [-0.2, -0.15) is 0 Å². The van der Waals surface area contributed by atoms with Crippen LogP contribution in [0.5, 0.6) is 0 Å². The van der Waals surface area contributed by atoms with Crippen LogP contribution in [0.4, 0.5) is 0 Å². The highest BCUT2D eigenvalue weighted by atomic mass is 14.4. The van der Waals surface area contributed by atoms with Gasteiger partial charge < -0.3 is 0 Å². The number of rotatable bonds is 10. The van der Waals surface area contributed by atoms with Gasteiger partial charge in [0, 0.05) is 5.41 Å². The van der Waals surface area contributed by atoms with Crippen LogP contribution in [-0.4, -0.2) is 7.85 Å². The third-order valence-electron chi connectivity index (χ3n) is 6.45. The van der Waals surface area contributed by atoms with E-state index in [1.54, 1.807) is 5.56 Å². The number of hydrogen-bond donors (Lipinski definition) is 0. The predicted molar refractivity (Wildman–Crippen MR) is 120 cm³/mol. The minimum absolute atomic E-state index is 0.160. The molecular formula is C26H35B. The molecule has 1 aliphatic rings. The van der Waals surface area contributed by atoms with Gasteiger partial charge in [0.15, 0.2) is 0 Å². The van der Waals surface area contributed by atoms with E-state index in [0.717, 1.165) is 5.46 Å². The standard InChI is InChI=1S/C26H35B/c1-4-6-8-10-16-26(17-11-9-7-5-2)24-18-20(3)12-14-22(24)23-15-13-21(27)19-25(23)26/h12-15,18-19H,4-11,16-17H2,1-3H3. The maximum atomic E-state index is 6.27. The Kier molecular flexibility index (Phi) is 6.85. The summed E-state index contributed by atoms with van der Waals surface area (Å²) in [7, 11) is 6.27. The van der Waals surface area contributed by atoms with Crippen LogP contribution in [0.2, 0.25) is 0 Å². The Balaban J connectivity index is 2.03. The Hall–Kier alpha value is -1.50. The predicted octanol–water partition coefficient (Wildman–Crippen LogP) is 7.00. The summed E-state index contributed by atoms with van der Waals surface area (Å²) < 4.78 is 0. The van der Waals surface area contributed by atoms with Crippen LogP contribution in [0.1, 0.15) is 94.7 Å². The zero-order valence-corrected chi connectivity index (χ0v) is 17.6. The van der Waals surface area contributed by atoms with Crippen LogP contribution in [0.15, 0.2) is 36.4 Å². The Morgan fingerprint density at radius 2 is 1.26 bits per heavy atom. The van der Waals surface area contributed by atoms with Crippen LogP contribution in [0, 0.1) is 6.92 Å². The molecule has 0 heterocycles. The number of hydrogen-bond acceptors (Lipinski definition) is 0. The van der Waals surface area contributed by atoms with Gasteiger partial charge in [0.05, 0.1) is 0 Å². The van der Waals surface area contributed by atoms with Crippen molar-refractivity contribution in [2.24, 2.45) is 0 Å². The van der Waals surface area contributed by atoms with Crippen molar-refractivity contribution in [2.75, 3.05) is 0 Å². The fourth-order valence-electron chi connectivity index (χ4n) is 5.00. The summed E-state index contributed by atoms with van der Waals surface area (Å²) in [5.74, 6) is 0. The lowest BCUT2D eigenvalue weighted by Gasteiger charge is -2.33. The maximum absolute atomic E-state index is 6.27. The van der Waals surface area contributed by atoms with Crippen molar-refractivity contribution in [3.05, 3.63) is 53.1 Å². The highest BCUT2D eigenvalue weighted by Crippen LogP contribution is 2.54. The average Bonchev–Trinajstić information content (AvgIpc) is 2.92. The lowest BCUT2D eigenvalue weighted by molar-refractivity contribution is 0.401. The fourth-order valence-corrected chi connectivity index (χ4v) is 5.00. The molecule has 27 heavy (non-hydrogen) atoms. The Morgan fingerprint density at radius 3 is 1.85 bits per heavy atom. The summed E-state index contributed by atoms with van der Waals surface area (Å²) in [6.45, 7) is 6.83. The van der Waals surface area contributed by atoms with Gasteiger partial charge in [-0.3, -0.25) is 0 Å². The second kappa shape index (κ2) is 9.13. The highest BCUT2D eigenvalue weighted by Gasteiger charge is 2.42. The molecule has 0 atom stereocenters. The molecule has 0 aromatic heterocycles. The minimum Gasteiger partial charge on any atom is -0.0963 e. The number of unbranched alkanes of at least 4 members (excludes halogenated alkanes) is 6. The lowest BCUT2D eigenvalue weighted by atomic mass is 9.69. The monoisotopic (exact) mass is 358 g/mol. The molecule has 0 N–H and O–H groups in total. The largest absolute Gasteiger partial charge is 0.113 e. The summed E-state index contributed by atoms with van der Waals surface area (Å²) in [6.07, 6.45) is 13.1. The molecule has 0 amide bonds. The van der Waals surface area contributed by atoms with E-state index < -0.39 is 0 Å². The highest BCUT2D eigenvalue weighted by molar-refractivity contribution is 6.32. The average molecular weight is 358 g/mol. The topological polar surface area (TPSA) is 0 Å². The van der Waals surface area contributed by atoms with Crippen molar-refractivity contribution in [1.82, 2.24) is 0 Å². The van der Waals surface area contributed by atoms with Crippen LogP contribution < -0.4 is 5.46 Å². The molecule has 2 aromatic rings. The maximum Gasteiger partial charge on any atom is 0.113 e. The third-order valence-corrected chi connectivity index (χ3v) is 6.45. The van der Waals surface area contributed by atoms with Crippen molar-refractivity contribution < 1.29 is 0 Å². The van der Waals surface area contributed by atoms with Gasteiger partial charge in [-0.1, -0.05) is 113 Å². The van der Waals surface area contributed by atoms with E-state index in [2.05, 4.69) is 57.2 Å². The molecule has 2 radical (unpaired) electrons. The molecule has 2 aromatic carbocycles. The first kappa shape index (κ1) is 20.2. The van der Waals surface area contributed by atoms with Crippen molar-refractivity contribution in [1.29, 1.82) is 0 Å². The van der Waals surface area contributed by atoms with Gasteiger partial charge in [-0.25, -0.2) is 0 Å². The molecule has 0 aliphatic heterocycles. The normalized spacial score (nSPS) is 14.2. The Bertz CT molecular complexity index is 693. The Labute approximate surface area is 168 Å². The number of aryl methyl sites for hydroxylation is 1. The molecule has 3 rings (SSSR count). The SMILES string of the molecule is [B]c1ccc2c(c1)C(CCCCCC)(CCCCCC)c1cc(C)ccc1-2. The van der Waals surface area contributed by atoms with Gasteiger partial charge in [0.2, 0.25) is 0 Å².